The zero-order valence-corrected chi connectivity index (χ0v) is 9.79. The Morgan fingerprint density at radius 2 is 1.94 bits per heavy atom. The average Bonchev–Trinajstić information content (AvgIpc) is 2.28. The molecule has 92 valence electrons. The first-order valence-electron chi connectivity index (χ1n) is 5.34. The Hall–Kier alpha value is -1.91. The van der Waals surface area contributed by atoms with Gasteiger partial charge in [-0.15, -0.1) is 0 Å². The fourth-order valence-corrected chi connectivity index (χ4v) is 1.31. The number of carboxylic acids is 1. The Labute approximate surface area is 99.4 Å². The van der Waals surface area contributed by atoms with Crippen LogP contribution in [-0.2, 0) is 9.53 Å². The maximum Gasteiger partial charge on any atom is 0.345 e. The number of carbonyl (C=O) groups is 2. The van der Waals surface area contributed by atoms with Gasteiger partial charge in [0.1, 0.15) is 0 Å². The van der Waals surface area contributed by atoms with Crippen LogP contribution in [0.4, 0.5) is 0 Å². The van der Waals surface area contributed by atoms with Gasteiger partial charge in [-0.2, -0.15) is 0 Å². The number of nitrogens with zero attached hydrogens (tertiary/aromatic N) is 1. The van der Waals surface area contributed by atoms with E-state index < -0.39 is 18.0 Å². The van der Waals surface area contributed by atoms with Crippen LogP contribution in [0.3, 0.4) is 0 Å². The second-order valence-corrected chi connectivity index (χ2v) is 4.10. The third-order valence-electron chi connectivity index (χ3n) is 2.13. The van der Waals surface area contributed by atoms with Gasteiger partial charge in [0.25, 0.3) is 0 Å². The SMILES string of the molecule is CC(C)C[C@@H](OC(=O)c1ccncc1)C(=O)O. The number of aliphatic carboxylic acids is 1. The molecule has 0 saturated carbocycles. The number of hydrogen-bond donors (Lipinski definition) is 1. The summed E-state index contributed by atoms with van der Waals surface area (Å²) in [5, 5.41) is 8.93. The molecular formula is C12H15NO4. The number of carbonyl (C=O) groups excluding carboxylic acids is 1. The van der Waals surface area contributed by atoms with Crippen molar-refractivity contribution in [1.82, 2.24) is 4.98 Å². The zero-order chi connectivity index (χ0) is 12.8. The molecule has 1 rings (SSSR count). The summed E-state index contributed by atoms with van der Waals surface area (Å²) in [7, 11) is 0. The van der Waals surface area contributed by atoms with Crippen LogP contribution < -0.4 is 0 Å². The molecule has 1 aromatic rings. The molecule has 0 aliphatic rings. The largest absolute Gasteiger partial charge is 0.479 e. The Kier molecular flexibility index (Phi) is 4.63. The van der Waals surface area contributed by atoms with E-state index in [1.165, 1.54) is 24.5 Å². The molecule has 0 bridgehead atoms. The van der Waals surface area contributed by atoms with Gasteiger partial charge >= 0.3 is 11.9 Å². The van der Waals surface area contributed by atoms with Crippen LogP contribution >= 0.6 is 0 Å². The summed E-state index contributed by atoms with van der Waals surface area (Å²) >= 11 is 0. The monoisotopic (exact) mass is 237 g/mol. The lowest BCUT2D eigenvalue weighted by Crippen LogP contribution is -2.28. The number of ether oxygens (including phenoxy) is 1. The Morgan fingerprint density at radius 3 is 2.41 bits per heavy atom. The van der Waals surface area contributed by atoms with Gasteiger partial charge in [-0.1, -0.05) is 13.8 Å². The third-order valence-corrected chi connectivity index (χ3v) is 2.13. The van der Waals surface area contributed by atoms with Crippen molar-refractivity contribution in [2.75, 3.05) is 0 Å². The molecule has 0 spiro atoms. The second kappa shape index (κ2) is 5.98. The number of carboxylic acid groups (broad SMARTS) is 1. The smallest absolute Gasteiger partial charge is 0.345 e. The van der Waals surface area contributed by atoms with Gasteiger partial charge in [0.15, 0.2) is 6.10 Å². The fraction of sp³-hybridized carbons (Fsp3) is 0.417. The first-order chi connectivity index (χ1) is 8.00. The van der Waals surface area contributed by atoms with Gasteiger partial charge in [0.2, 0.25) is 0 Å². The standard InChI is InChI=1S/C12H15NO4/c1-8(2)7-10(11(14)15)17-12(16)9-3-5-13-6-4-9/h3-6,8,10H,7H2,1-2H3,(H,14,15)/t10-/m1/s1. The number of esters is 1. The maximum atomic E-state index is 11.6. The lowest BCUT2D eigenvalue weighted by Gasteiger charge is -2.15. The molecule has 0 fully saturated rings. The molecule has 0 radical (unpaired) electrons. The van der Waals surface area contributed by atoms with Crippen LogP contribution in [0.1, 0.15) is 30.6 Å². The van der Waals surface area contributed by atoms with E-state index in [-0.39, 0.29) is 5.92 Å². The summed E-state index contributed by atoms with van der Waals surface area (Å²) in [5.74, 6) is -1.62. The molecule has 0 aliphatic carbocycles. The van der Waals surface area contributed by atoms with Gasteiger partial charge in [-0.05, 0) is 24.5 Å². The van der Waals surface area contributed by atoms with E-state index >= 15 is 0 Å². The van der Waals surface area contributed by atoms with Crippen molar-refractivity contribution >= 4 is 11.9 Å². The van der Waals surface area contributed by atoms with Crippen molar-refractivity contribution in [2.24, 2.45) is 5.92 Å². The highest BCUT2D eigenvalue weighted by molar-refractivity contribution is 5.91. The van der Waals surface area contributed by atoms with E-state index in [9.17, 15) is 9.59 Å². The number of rotatable bonds is 5. The van der Waals surface area contributed by atoms with Gasteiger partial charge < -0.3 is 9.84 Å². The van der Waals surface area contributed by atoms with Crippen molar-refractivity contribution in [1.29, 1.82) is 0 Å². The van der Waals surface area contributed by atoms with Crippen molar-refractivity contribution in [3.8, 4) is 0 Å². The van der Waals surface area contributed by atoms with Crippen molar-refractivity contribution in [3.05, 3.63) is 30.1 Å². The summed E-state index contributed by atoms with van der Waals surface area (Å²) < 4.78 is 4.94. The molecule has 17 heavy (non-hydrogen) atoms. The van der Waals surface area contributed by atoms with Gasteiger partial charge in [-0.3, -0.25) is 4.98 Å². The van der Waals surface area contributed by atoms with Crippen molar-refractivity contribution < 1.29 is 19.4 Å². The highest BCUT2D eigenvalue weighted by atomic mass is 16.6. The maximum absolute atomic E-state index is 11.6. The van der Waals surface area contributed by atoms with E-state index in [0.717, 1.165) is 0 Å². The van der Waals surface area contributed by atoms with Crippen LogP contribution in [0.2, 0.25) is 0 Å². The van der Waals surface area contributed by atoms with Crippen molar-refractivity contribution in [2.45, 2.75) is 26.4 Å². The second-order valence-electron chi connectivity index (χ2n) is 4.10. The molecule has 1 atom stereocenters. The lowest BCUT2D eigenvalue weighted by molar-refractivity contribution is -0.148. The Balaban J connectivity index is 2.68. The molecule has 1 aromatic heterocycles. The normalized spacial score (nSPS) is 12.2. The van der Waals surface area contributed by atoms with E-state index in [1.54, 1.807) is 0 Å². The summed E-state index contributed by atoms with van der Waals surface area (Å²) in [6.45, 7) is 3.74. The Morgan fingerprint density at radius 1 is 1.35 bits per heavy atom. The van der Waals surface area contributed by atoms with Crippen LogP contribution in [0.5, 0.6) is 0 Å². The summed E-state index contributed by atoms with van der Waals surface area (Å²) in [6, 6.07) is 2.97. The van der Waals surface area contributed by atoms with Crippen LogP contribution in [0, 0.1) is 5.92 Å². The van der Waals surface area contributed by atoms with Gasteiger partial charge in [-0.25, -0.2) is 9.59 Å². The molecule has 0 aliphatic heterocycles. The highest BCUT2D eigenvalue weighted by Crippen LogP contribution is 2.11. The molecule has 5 heteroatoms. The van der Waals surface area contributed by atoms with E-state index in [4.69, 9.17) is 9.84 Å². The van der Waals surface area contributed by atoms with Crippen LogP contribution in [0.15, 0.2) is 24.5 Å². The third kappa shape index (κ3) is 4.22. The molecule has 5 nitrogen and oxygen atoms in total. The fourth-order valence-electron chi connectivity index (χ4n) is 1.31. The number of pyridine rings is 1. The number of aromatic nitrogens is 1. The lowest BCUT2D eigenvalue weighted by atomic mass is 10.1. The average molecular weight is 237 g/mol. The van der Waals surface area contributed by atoms with Gasteiger partial charge in [0, 0.05) is 12.4 Å². The molecule has 0 unspecified atom stereocenters. The van der Waals surface area contributed by atoms with E-state index in [1.807, 2.05) is 13.8 Å². The predicted octanol–water partition coefficient (Wildman–Crippen LogP) is 1.74. The molecule has 0 saturated heterocycles. The highest BCUT2D eigenvalue weighted by Gasteiger charge is 2.23. The minimum absolute atomic E-state index is 0.140. The van der Waals surface area contributed by atoms with Crippen molar-refractivity contribution in [3.63, 3.8) is 0 Å². The topological polar surface area (TPSA) is 76.5 Å². The minimum atomic E-state index is -1.12. The quantitative estimate of drug-likeness (QED) is 0.789. The Bertz CT molecular complexity index is 389. The zero-order valence-electron chi connectivity index (χ0n) is 9.79. The first kappa shape index (κ1) is 13.2. The number of hydrogen-bond acceptors (Lipinski definition) is 4. The molecule has 1 N–H and O–H groups in total. The molecule has 1 heterocycles. The minimum Gasteiger partial charge on any atom is -0.479 e. The van der Waals surface area contributed by atoms with Crippen LogP contribution in [-0.4, -0.2) is 28.1 Å². The van der Waals surface area contributed by atoms with Crippen LogP contribution in [0.25, 0.3) is 0 Å². The summed E-state index contributed by atoms with van der Waals surface area (Å²) in [5.41, 5.74) is 0.301. The molecule has 0 aromatic carbocycles. The summed E-state index contributed by atoms with van der Waals surface area (Å²) in [6.07, 6.45) is 2.10. The van der Waals surface area contributed by atoms with Gasteiger partial charge in [0.05, 0.1) is 5.56 Å². The molecule has 0 amide bonds. The van der Waals surface area contributed by atoms with E-state index in [0.29, 0.717) is 12.0 Å². The molecular weight excluding hydrogens is 222 g/mol. The first-order valence-corrected chi connectivity index (χ1v) is 5.34. The summed E-state index contributed by atoms with van der Waals surface area (Å²) in [4.78, 5) is 26.3. The van der Waals surface area contributed by atoms with E-state index in [2.05, 4.69) is 4.98 Å². The predicted molar refractivity (Wildman–Crippen MR) is 60.5 cm³/mol.